The summed E-state index contributed by atoms with van der Waals surface area (Å²) in [5.74, 6) is 0.715. The van der Waals surface area contributed by atoms with E-state index in [1.54, 1.807) is 0 Å². The van der Waals surface area contributed by atoms with Crippen LogP contribution in [0.25, 0.3) is 0 Å². The average molecular weight is 761 g/mol. The normalized spacial score (nSPS) is 52.8. The smallest absolute Gasteiger partial charge is 0.186 e. The van der Waals surface area contributed by atoms with Crippen molar-refractivity contribution in [1.82, 2.24) is 0 Å². The molecule has 0 unspecified atom stereocenters. The zero-order valence-electron chi connectivity index (χ0n) is 32.0. The first kappa shape index (κ1) is 42.1. The Morgan fingerprint density at radius 1 is 0.679 bits per heavy atom. The van der Waals surface area contributed by atoms with E-state index < -0.39 is 104 Å². The summed E-state index contributed by atoms with van der Waals surface area (Å²) in [7, 11) is 0. The van der Waals surface area contributed by atoms with Gasteiger partial charge in [-0.1, -0.05) is 34.6 Å². The Morgan fingerprint density at radius 2 is 1.26 bits per heavy atom. The van der Waals surface area contributed by atoms with Crippen molar-refractivity contribution in [3.05, 3.63) is 0 Å². The first-order valence-corrected chi connectivity index (χ1v) is 20.3. The molecule has 4 aliphatic carbocycles. The van der Waals surface area contributed by atoms with Crippen LogP contribution in [0.1, 0.15) is 92.4 Å². The molecule has 308 valence electrons. The van der Waals surface area contributed by atoms with E-state index in [2.05, 4.69) is 34.6 Å². The van der Waals surface area contributed by atoms with Crippen molar-refractivity contribution in [2.24, 2.45) is 52.3 Å². The van der Waals surface area contributed by atoms with Crippen molar-refractivity contribution >= 4 is 0 Å². The number of rotatable bonds is 11. The van der Waals surface area contributed by atoms with Crippen LogP contribution in [-0.4, -0.2) is 150 Å². The number of hydrogen-bond acceptors (Lipinski definition) is 14. The lowest BCUT2D eigenvalue weighted by Crippen LogP contribution is -2.64. The fraction of sp³-hybridized carbons (Fsp3) is 1.00. The lowest BCUT2D eigenvalue weighted by Gasteiger charge is -2.63. The molecule has 0 aromatic heterocycles. The molecular formula is C39H68O14. The van der Waals surface area contributed by atoms with Gasteiger partial charge in [-0.3, -0.25) is 0 Å². The highest BCUT2D eigenvalue weighted by Crippen LogP contribution is 2.69. The zero-order chi connectivity index (χ0) is 38.7. The van der Waals surface area contributed by atoms with E-state index in [4.69, 9.17) is 18.9 Å². The maximum Gasteiger partial charge on any atom is 0.186 e. The predicted molar refractivity (Wildman–Crippen MR) is 189 cm³/mol. The van der Waals surface area contributed by atoms with Crippen molar-refractivity contribution in [3.8, 4) is 0 Å². The lowest BCUT2D eigenvalue weighted by molar-refractivity contribution is -0.333. The number of fused-ring (bicyclic) bond motifs is 5. The van der Waals surface area contributed by atoms with E-state index in [9.17, 15) is 51.1 Å². The van der Waals surface area contributed by atoms with Crippen molar-refractivity contribution in [1.29, 1.82) is 0 Å². The van der Waals surface area contributed by atoms with Crippen LogP contribution in [-0.2, 0) is 18.9 Å². The Morgan fingerprint density at radius 3 is 1.83 bits per heavy atom. The Kier molecular flexibility index (Phi) is 13.0. The molecule has 22 atom stereocenters. The van der Waals surface area contributed by atoms with Gasteiger partial charge in [-0.25, -0.2) is 0 Å². The quantitative estimate of drug-likeness (QED) is 0.134. The molecule has 2 aliphatic heterocycles. The summed E-state index contributed by atoms with van der Waals surface area (Å²) in [6.45, 7) is 9.71. The van der Waals surface area contributed by atoms with Crippen LogP contribution in [0, 0.1) is 52.3 Å². The lowest BCUT2D eigenvalue weighted by atomic mass is 9.43. The first-order valence-electron chi connectivity index (χ1n) is 20.3. The van der Waals surface area contributed by atoms with Crippen LogP contribution >= 0.6 is 0 Å². The van der Waals surface area contributed by atoms with Crippen LogP contribution in [0.2, 0.25) is 0 Å². The summed E-state index contributed by atoms with van der Waals surface area (Å²) in [6.07, 6.45) is -9.89. The average Bonchev–Trinajstić information content (AvgIpc) is 3.42. The molecule has 0 radical (unpaired) electrons. The van der Waals surface area contributed by atoms with Gasteiger partial charge in [0.25, 0.3) is 0 Å². The second kappa shape index (κ2) is 16.4. The van der Waals surface area contributed by atoms with E-state index in [1.165, 1.54) is 0 Å². The maximum atomic E-state index is 11.6. The molecule has 6 aliphatic rings. The van der Waals surface area contributed by atoms with Crippen LogP contribution in [0.5, 0.6) is 0 Å². The SMILES string of the molecule is CC(C)CC[C@H](O)[C@@H](C)[C@H]1[C@@H](O[C@H]2O[C@@H](CO)[C@H](O)[C@@H](O)[C@@H]2O)C[C@H]2[C@@H]3CC[C@H]4C[C@@H](O)C[C@@H](O[C@@H]5O[C@H](CO)[C@@H](O)[C@H](O)[C@H]5O)[C@]4(C)[C@H]3CC[C@]12C. The van der Waals surface area contributed by atoms with Crippen molar-refractivity contribution in [2.75, 3.05) is 13.2 Å². The van der Waals surface area contributed by atoms with Crippen LogP contribution in [0.4, 0.5) is 0 Å². The third-order valence-electron chi connectivity index (χ3n) is 15.3. The fourth-order valence-corrected chi connectivity index (χ4v) is 12.3. The van der Waals surface area contributed by atoms with E-state index in [0.717, 1.165) is 32.1 Å². The number of aliphatic hydroxyl groups excluding tert-OH is 10. The van der Waals surface area contributed by atoms with Gasteiger partial charge in [0.1, 0.15) is 48.8 Å². The van der Waals surface area contributed by atoms with Crippen molar-refractivity contribution < 1.29 is 70.0 Å². The molecule has 6 fully saturated rings. The van der Waals surface area contributed by atoms with Gasteiger partial charge in [0.2, 0.25) is 0 Å². The maximum absolute atomic E-state index is 11.6. The molecule has 2 saturated heterocycles. The molecule has 53 heavy (non-hydrogen) atoms. The number of ether oxygens (including phenoxy) is 4. The van der Waals surface area contributed by atoms with Crippen LogP contribution < -0.4 is 0 Å². The molecule has 6 rings (SSSR count). The van der Waals surface area contributed by atoms with Gasteiger partial charge < -0.3 is 70.0 Å². The minimum atomic E-state index is -1.58. The number of aliphatic hydroxyl groups is 10. The fourth-order valence-electron chi connectivity index (χ4n) is 12.3. The molecule has 2 heterocycles. The summed E-state index contributed by atoms with van der Waals surface area (Å²) >= 11 is 0. The highest BCUT2D eigenvalue weighted by molar-refractivity contribution is 5.14. The van der Waals surface area contributed by atoms with Gasteiger partial charge in [0, 0.05) is 6.42 Å². The predicted octanol–water partition coefficient (Wildman–Crippen LogP) is 0.0294. The van der Waals surface area contributed by atoms with Crippen molar-refractivity contribution in [3.63, 3.8) is 0 Å². The highest BCUT2D eigenvalue weighted by atomic mass is 16.7. The molecule has 14 nitrogen and oxygen atoms in total. The second-order valence-corrected chi connectivity index (χ2v) is 18.5. The molecule has 0 aromatic rings. The minimum absolute atomic E-state index is 0.113. The summed E-state index contributed by atoms with van der Waals surface area (Å²) in [5, 5.41) is 106. The standard InChI is InChI=1S/C39H68O14/c1-17(2)6-9-24(43)18(3)29-25(50-36-34(48)32(46)30(44)26(15-40)51-36)14-23-21-8-7-19-12-20(42)13-28(39(19,5)22(21)10-11-38(23,29)4)53-37-35(49)33(47)31(45)27(16-41)52-37/h17-37,40-49H,6-16H2,1-5H3/t18-,19+,20-,21-,22+,23+,24+,25+,26+,27-,28-,29+,30+,31-,32-,33+,34+,35-,36+,37+,38+,39+/m1/s1. The van der Waals surface area contributed by atoms with Gasteiger partial charge in [0.15, 0.2) is 12.6 Å². The third-order valence-corrected chi connectivity index (χ3v) is 15.3. The van der Waals surface area contributed by atoms with Gasteiger partial charge in [0.05, 0.1) is 37.6 Å². The summed E-state index contributed by atoms with van der Waals surface area (Å²) < 4.78 is 24.9. The van der Waals surface area contributed by atoms with Crippen molar-refractivity contribution in [2.45, 2.75) is 178 Å². The van der Waals surface area contributed by atoms with E-state index in [1.807, 2.05) is 0 Å². The monoisotopic (exact) mass is 760 g/mol. The molecule has 0 amide bonds. The van der Waals surface area contributed by atoms with E-state index in [-0.39, 0.29) is 40.9 Å². The Hall–Kier alpha value is -0.560. The van der Waals surface area contributed by atoms with Gasteiger partial charge in [-0.05, 0) is 104 Å². The van der Waals surface area contributed by atoms with E-state index in [0.29, 0.717) is 31.6 Å². The zero-order valence-corrected chi connectivity index (χ0v) is 32.0. The second-order valence-electron chi connectivity index (χ2n) is 18.5. The van der Waals surface area contributed by atoms with Gasteiger partial charge in [-0.2, -0.15) is 0 Å². The summed E-state index contributed by atoms with van der Waals surface area (Å²) in [6, 6.07) is 0. The molecule has 0 aromatic carbocycles. The molecule has 4 saturated carbocycles. The van der Waals surface area contributed by atoms with E-state index >= 15 is 0 Å². The summed E-state index contributed by atoms with van der Waals surface area (Å²) in [4.78, 5) is 0. The molecule has 14 heteroatoms. The Bertz CT molecular complexity index is 1210. The largest absolute Gasteiger partial charge is 0.394 e. The van der Waals surface area contributed by atoms with Crippen LogP contribution in [0.3, 0.4) is 0 Å². The Balaban J connectivity index is 1.30. The molecule has 10 N–H and O–H groups in total. The van der Waals surface area contributed by atoms with Gasteiger partial charge >= 0.3 is 0 Å². The topological polar surface area (TPSA) is 239 Å². The van der Waals surface area contributed by atoms with Crippen LogP contribution in [0.15, 0.2) is 0 Å². The molecule has 0 spiro atoms. The highest BCUT2D eigenvalue weighted by Gasteiger charge is 2.66. The Labute approximate surface area is 313 Å². The number of hydrogen-bond donors (Lipinski definition) is 10. The molecule has 0 bridgehead atoms. The van der Waals surface area contributed by atoms with Gasteiger partial charge in [-0.15, -0.1) is 0 Å². The first-order chi connectivity index (χ1) is 25.0. The molecular weight excluding hydrogens is 692 g/mol. The minimum Gasteiger partial charge on any atom is -0.394 e. The summed E-state index contributed by atoms with van der Waals surface area (Å²) in [5.41, 5.74) is -0.723. The third kappa shape index (κ3) is 7.50.